The van der Waals surface area contributed by atoms with Crippen molar-refractivity contribution in [1.29, 1.82) is 0 Å². The molecule has 1 N–H and O–H groups in total. The van der Waals surface area contributed by atoms with Gasteiger partial charge in [-0.3, -0.25) is 9.69 Å². The predicted octanol–water partition coefficient (Wildman–Crippen LogP) is 1.94. The van der Waals surface area contributed by atoms with Gasteiger partial charge in [0.05, 0.1) is 10.7 Å². The Morgan fingerprint density at radius 2 is 2.45 bits per heavy atom. The zero-order valence-corrected chi connectivity index (χ0v) is 12.7. The molecule has 4 nitrogen and oxygen atoms in total. The van der Waals surface area contributed by atoms with Gasteiger partial charge < -0.3 is 5.32 Å². The molecule has 1 amide bonds. The van der Waals surface area contributed by atoms with E-state index in [4.69, 9.17) is 0 Å². The third kappa shape index (κ3) is 2.37. The molecular weight excluding hydrogens is 270 g/mol. The van der Waals surface area contributed by atoms with Crippen molar-refractivity contribution in [3.05, 3.63) is 16.1 Å². The fraction of sp³-hybridized carbons (Fsp3) is 0.733. The summed E-state index contributed by atoms with van der Waals surface area (Å²) in [4.78, 5) is 19.2. The molecule has 1 spiro atoms. The molecule has 1 aromatic heterocycles. The second-order valence-corrected chi connectivity index (χ2v) is 7.78. The highest BCUT2D eigenvalue weighted by Gasteiger charge is 2.60. The van der Waals surface area contributed by atoms with Gasteiger partial charge in [-0.2, -0.15) is 0 Å². The Morgan fingerprint density at radius 1 is 1.60 bits per heavy atom. The first kappa shape index (κ1) is 12.8. The van der Waals surface area contributed by atoms with E-state index in [1.54, 1.807) is 11.3 Å². The van der Waals surface area contributed by atoms with Crippen molar-refractivity contribution in [2.75, 3.05) is 13.1 Å². The number of carbonyl (C=O) groups is 1. The first-order valence-electron chi connectivity index (χ1n) is 7.58. The number of hydrogen-bond acceptors (Lipinski definition) is 4. The Morgan fingerprint density at radius 3 is 3.15 bits per heavy atom. The van der Waals surface area contributed by atoms with Crippen molar-refractivity contribution in [3.8, 4) is 0 Å². The van der Waals surface area contributed by atoms with Gasteiger partial charge in [0.1, 0.15) is 0 Å². The predicted molar refractivity (Wildman–Crippen MR) is 78.4 cm³/mol. The number of hydrogen-bond donors (Lipinski definition) is 1. The van der Waals surface area contributed by atoms with Gasteiger partial charge in [-0.05, 0) is 44.6 Å². The van der Waals surface area contributed by atoms with Crippen molar-refractivity contribution >= 4 is 17.2 Å². The van der Waals surface area contributed by atoms with Gasteiger partial charge in [0.15, 0.2) is 0 Å². The van der Waals surface area contributed by atoms with E-state index in [1.165, 1.54) is 25.0 Å². The number of amides is 1. The number of aryl methyl sites for hydroxylation is 1. The van der Waals surface area contributed by atoms with Crippen LogP contribution in [0.15, 0.2) is 5.38 Å². The van der Waals surface area contributed by atoms with Crippen LogP contribution >= 0.6 is 11.3 Å². The van der Waals surface area contributed by atoms with Gasteiger partial charge in [-0.15, -0.1) is 11.3 Å². The maximum absolute atomic E-state index is 12.1. The molecule has 108 valence electrons. The summed E-state index contributed by atoms with van der Waals surface area (Å²) in [5.74, 6) is 0.601. The smallest absolute Gasteiger partial charge is 0.223 e. The van der Waals surface area contributed by atoms with Crippen LogP contribution in [0.1, 0.15) is 36.4 Å². The molecule has 2 atom stereocenters. The summed E-state index contributed by atoms with van der Waals surface area (Å²) in [7, 11) is 0. The average molecular weight is 291 g/mol. The minimum absolute atomic E-state index is 0.283. The minimum atomic E-state index is 0.283. The van der Waals surface area contributed by atoms with Gasteiger partial charge >= 0.3 is 0 Å². The van der Waals surface area contributed by atoms with Crippen LogP contribution in [-0.4, -0.2) is 34.9 Å². The summed E-state index contributed by atoms with van der Waals surface area (Å²) < 4.78 is 0. The molecule has 2 heterocycles. The number of nitrogens with zero attached hydrogens (tertiary/aromatic N) is 2. The summed E-state index contributed by atoms with van der Waals surface area (Å²) >= 11 is 1.72. The monoisotopic (exact) mass is 291 g/mol. The molecule has 4 rings (SSSR count). The van der Waals surface area contributed by atoms with E-state index in [-0.39, 0.29) is 5.92 Å². The lowest BCUT2D eigenvalue weighted by Gasteiger charge is -2.14. The summed E-state index contributed by atoms with van der Waals surface area (Å²) in [6.07, 6.45) is 4.64. The molecule has 0 bridgehead atoms. The largest absolute Gasteiger partial charge is 0.353 e. The maximum atomic E-state index is 12.1. The van der Waals surface area contributed by atoms with Gasteiger partial charge in [0.25, 0.3) is 0 Å². The highest BCUT2D eigenvalue weighted by molar-refractivity contribution is 7.09. The third-order valence-electron chi connectivity index (χ3n) is 4.95. The number of rotatable bonds is 4. The van der Waals surface area contributed by atoms with E-state index >= 15 is 0 Å². The van der Waals surface area contributed by atoms with Crippen LogP contribution in [0.5, 0.6) is 0 Å². The lowest BCUT2D eigenvalue weighted by atomic mass is 10.0. The van der Waals surface area contributed by atoms with Crippen LogP contribution in [0.2, 0.25) is 0 Å². The van der Waals surface area contributed by atoms with Crippen molar-refractivity contribution < 1.29 is 4.79 Å². The first-order chi connectivity index (χ1) is 9.64. The van der Waals surface area contributed by atoms with Crippen LogP contribution in [0.25, 0.3) is 0 Å². The first-order valence-corrected chi connectivity index (χ1v) is 8.46. The van der Waals surface area contributed by atoms with Crippen LogP contribution in [-0.2, 0) is 11.3 Å². The van der Waals surface area contributed by atoms with E-state index in [0.717, 1.165) is 31.1 Å². The average Bonchev–Trinajstić information content (AvgIpc) is 3.25. The zero-order chi connectivity index (χ0) is 13.7. The van der Waals surface area contributed by atoms with Crippen LogP contribution in [0.4, 0.5) is 0 Å². The van der Waals surface area contributed by atoms with E-state index < -0.39 is 0 Å². The lowest BCUT2D eigenvalue weighted by molar-refractivity contribution is -0.123. The highest BCUT2D eigenvalue weighted by Crippen LogP contribution is 2.58. The molecule has 5 heteroatoms. The number of aromatic nitrogens is 1. The van der Waals surface area contributed by atoms with Crippen LogP contribution in [0, 0.1) is 18.3 Å². The molecule has 3 aliphatic rings. The Hall–Kier alpha value is -0.940. The number of nitrogens with one attached hydrogen (secondary N) is 1. The molecule has 2 unspecified atom stereocenters. The van der Waals surface area contributed by atoms with Crippen molar-refractivity contribution in [2.24, 2.45) is 11.3 Å². The highest BCUT2D eigenvalue weighted by atomic mass is 32.1. The molecule has 1 aliphatic heterocycles. The number of carbonyl (C=O) groups excluding carboxylic acids is 1. The Kier molecular flexibility index (Phi) is 2.89. The Bertz CT molecular complexity index is 539. The quantitative estimate of drug-likeness (QED) is 0.922. The van der Waals surface area contributed by atoms with E-state index in [1.807, 2.05) is 0 Å². The molecule has 20 heavy (non-hydrogen) atoms. The van der Waals surface area contributed by atoms with E-state index in [2.05, 4.69) is 27.5 Å². The molecule has 0 aromatic carbocycles. The second-order valence-electron chi connectivity index (χ2n) is 6.72. The second kappa shape index (κ2) is 4.53. The maximum Gasteiger partial charge on any atom is 0.223 e. The summed E-state index contributed by atoms with van der Waals surface area (Å²) in [6, 6.07) is 0.496. The van der Waals surface area contributed by atoms with Crippen LogP contribution in [0.3, 0.4) is 0 Å². The minimum Gasteiger partial charge on any atom is -0.353 e. The number of likely N-dealkylation sites (tertiary alicyclic amines) is 1. The Balaban J connectivity index is 1.33. The van der Waals surface area contributed by atoms with Crippen LogP contribution < -0.4 is 5.32 Å². The molecule has 2 saturated carbocycles. The molecule has 0 radical (unpaired) electrons. The van der Waals surface area contributed by atoms with Crippen molar-refractivity contribution in [3.63, 3.8) is 0 Å². The fourth-order valence-electron chi connectivity index (χ4n) is 3.53. The summed E-state index contributed by atoms with van der Waals surface area (Å²) in [5, 5.41) is 6.46. The van der Waals surface area contributed by atoms with Crippen molar-refractivity contribution in [2.45, 2.75) is 45.2 Å². The van der Waals surface area contributed by atoms with Gasteiger partial charge in [-0.25, -0.2) is 4.98 Å². The van der Waals surface area contributed by atoms with Gasteiger partial charge in [-0.1, -0.05) is 0 Å². The molecule has 3 fully saturated rings. The standard InChI is InChI=1S/C15H21N3OS/c1-10-16-12(8-20-10)7-18-5-4-15(9-18)6-13(15)14(19)17-11-2-3-11/h8,11,13H,2-7,9H2,1H3,(H,17,19). The normalized spacial score (nSPS) is 32.8. The van der Waals surface area contributed by atoms with E-state index in [9.17, 15) is 4.79 Å². The SMILES string of the molecule is Cc1nc(CN2CCC3(CC3C(=O)NC3CC3)C2)cs1. The molecule has 1 saturated heterocycles. The summed E-state index contributed by atoms with van der Waals surface area (Å²) in [5.41, 5.74) is 1.48. The Labute approximate surface area is 123 Å². The molecular formula is C15H21N3OS. The topological polar surface area (TPSA) is 45.2 Å². The zero-order valence-electron chi connectivity index (χ0n) is 11.9. The van der Waals surface area contributed by atoms with Gasteiger partial charge in [0, 0.05) is 30.4 Å². The lowest BCUT2D eigenvalue weighted by Crippen LogP contribution is -2.30. The molecule has 2 aliphatic carbocycles. The molecule has 1 aromatic rings. The van der Waals surface area contributed by atoms with E-state index in [0.29, 0.717) is 17.4 Å². The fourth-order valence-corrected chi connectivity index (χ4v) is 4.13. The number of thiazole rings is 1. The van der Waals surface area contributed by atoms with Gasteiger partial charge in [0.2, 0.25) is 5.91 Å². The third-order valence-corrected chi connectivity index (χ3v) is 5.77. The van der Waals surface area contributed by atoms with Crippen molar-refractivity contribution in [1.82, 2.24) is 15.2 Å². The summed E-state index contributed by atoms with van der Waals surface area (Å²) in [6.45, 7) is 5.19.